The van der Waals surface area contributed by atoms with Gasteiger partial charge in [0.25, 0.3) is 0 Å². The zero-order valence-electron chi connectivity index (χ0n) is 10.6. The van der Waals surface area contributed by atoms with Crippen molar-refractivity contribution in [2.45, 2.75) is 33.4 Å². The first-order chi connectivity index (χ1) is 7.00. The van der Waals surface area contributed by atoms with E-state index in [4.69, 9.17) is 5.73 Å². The van der Waals surface area contributed by atoms with Crippen LogP contribution in [0.2, 0.25) is 0 Å². The Morgan fingerprint density at radius 1 is 1.25 bits per heavy atom. The third-order valence-corrected chi connectivity index (χ3v) is 3.04. The van der Waals surface area contributed by atoms with Crippen LogP contribution in [0.4, 0.5) is 5.69 Å². The van der Waals surface area contributed by atoms with E-state index in [1.165, 1.54) is 5.56 Å². The second-order valence-corrected chi connectivity index (χ2v) is 4.64. The molecule has 0 aromatic heterocycles. The number of halogens is 1. The van der Waals surface area contributed by atoms with Crippen LogP contribution in [0, 0.1) is 5.92 Å². The first-order valence-electron chi connectivity index (χ1n) is 5.55. The van der Waals surface area contributed by atoms with Crippen molar-refractivity contribution in [3.63, 3.8) is 0 Å². The molecule has 0 saturated carbocycles. The van der Waals surface area contributed by atoms with E-state index >= 15 is 0 Å². The van der Waals surface area contributed by atoms with E-state index in [2.05, 4.69) is 38.8 Å². The van der Waals surface area contributed by atoms with E-state index in [1.54, 1.807) is 0 Å². The highest BCUT2D eigenvalue weighted by atomic mass is 35.5. The number of hydrogen-bond donors (Lipinski definition) is 1. The molecule has 0 aliphatic heterocycles. The summed E-state index contributed by atoms with van der Waals surface area (Å²) in [5.74, 6) is 0.677. The zero-order chi connectivity index (χ0) is 11.4. The second-order valence-electron chi connectivity index (χ2n) is 4.64. The molecule has 2 nitrogen and oxygen atoms in total. The molecule has 1 unspecified atom stereocenters. The van der Waals surface area contributed by atoms with E-state index in [0.717, 1.165) is 12.2 Å². The molecule has 0 radical (unpaired) electrons. The maximum absolute atomic E-state index is 5.75. The van der Waals surface area contributed by atoms with Gasteiger partial charge < -0.3 is 5.73 Å². The van der Waals surface area contributed by atoms with Gasteiger partial charge in [0.1, 0.15) is 0 Å². The minimum absolute atomic E-state index is 0. The molecular formula is C13H23ClN2. The van der Waals surface area contributed by atoms with E-state index in [9.17, 15) is 0 Å². The molecule has 1 aromatic rings. The average Bonchev–Trinajstić information content (AvgIpc) is 2.16. The van der Waals surface area contributed by atoms with Gasteiger partial charge in [-0.2, -0.15) is 0 Å². The van der Waals surface area contributed by atoms with Gasteiger partial charge in [0.15, 0.2) is 0 Å². The van der Waals surface area contributed by atoms with Gasteiger partial charge >= 0.3 is 0 Å². The average molecular weight is 243 g/mol. The summed E-state index contributed by atoms with van der Waals surface area (Å²) >= 11 is 0. The number of anilines is 1. The van der Waals surface area contributed by atoms with Gasteiger partial charge in [-0.1, -0.05) is 26.0 Å². The summed E-state index contributed by atoms with van der Waals surface area (Å²) in [7, 11) is 2.16. The van der Waals surface area contributed by atoms with Gasteiger partial charge in [-0.3, -0.25) is 4.90 Å². The molecule has 0 heterocycles. The molecule has 0 saturated heterocycles. The maximum atomic E-state index is 5.75. The van der Waals surface area contributed by atoms with Crippen LogP contribution < -0.4 is 5.73 Å². The predicted octanol–water partition coefficient (Wildman–Crippen LogP) is 3.17. The quantitative estimate of drug-likeness (QED) is 0.822. The number of nitrogens with zero attached hydrogens (tertiary/aromatic N) is 1. The number of nitrogens with two attached hydrogens (primary N) is 1. The van der Waals surface area contributed by atoms with Gasteiger partial charge in [0.05, 0.1) is 0 Å². The topological polar surface area (TPSA) is 29.3 Å². The maximum Gasteiger partial charge on any atom is 0.0317 e. The highest BCUT2D eigenvalue weighted by molar-refractivity contribution is 5.85. The Morgan fingerprint density at radius 2 is 1.88 bits per heavy atom. The minimum Gasteiger partial charge on any atom is -0.399 e. The van der Waals surface area contributed by atoms with Crippen molar-refractivity contribution in [3.05, 3.63) is 29.8 Å². The van der Waals surface area contributed by atoms with Crippen LogP contribution in [0.5, 0.6) is 0 Å². The molecule has 3 heteroatoms. The molecule has 16 heavy (non-hydrogen) atoms. The van der Waals surface area contributed by atoms with Crippen LogP contribution in [-0.4, -0.2) is 18.0 Å². The molecule has 2 N–H and O–H groups in total. The molecule has 0 aliphatic rings. The number of nitrogen functional groups attached to an aromatic ring is 1. The molecule has 1 rings (SSSR count). The Bertz CT molecular complexity index is 313. The van der Waals surface area contributed by atoms with Crippen molar-refractivity contribution in [3.8, 4) is 0 Å². The lowest BCUT2D eigenvalue weighted by Gasteiger charge is -2.27. The van der Waals surface area contributed by atoms with Gasteiger partial charge in [0, 0.05) is 18.3 Å². The van der Waals surface area contributed by atoms with Gasteiger partial charge in [-0.25, -0.2) is 0 Å². The van der Waals surface area contributed by atoms with Crippen molar-refractivity contribution < 1.29 is 0 Å². The highest BCUT2D eigenvalue weighted by Gasteiger charge is 2.12. The smallest absolute Gasteiger partial charge is 0.0317 e. The third kappa shape index (κ3) is 4.42. The van der Waals surface area contributed by atoms with E-state index in [-0.39, 0.29) is 12.4 Å². The summed E-state index contributed by atoms with van der Waals surface area (Å²) < 4.78 is 0. The van der Waals surface area contributed by atoms with E-state index in [1.807, 2.05) is 18.2 Å². The fraction of sp³-hybridized carbons (Fsp3) is 0.538. The summed E-state index contributed by atoms with van der Waals surface area (Å²) in [5, 5.41) is 0. The minimum atomic E-state index is 0. The monoisotopic (exact) mass is 242 g/mol. The lowest BCUT2D eigenvalue weighted by Crippen LogP contribution is -2.32. The standard InChI is InChI=1S/C13H22N2.ClH/c1-10(2)11(3)15(4)9-12-6-5-7-13(14)8-12;/h5-8,10-11H,9,14H2,1-4H3;1H. The molecule has 0 aliphatic carbocycles. The van der Waals surface area contributed by atoms with Gasteiger partial charge in [0.2, 0.25) is 0 Å². The van der Waals surface area contributed by atoms with Crippen LogP contribution in [0.25, 0.3) is 0 Å². The van der Waals surface area contributed by atoms with Crippen molar-refractivity contribution in [1.82, 2.24) is 4.90 Å². The molecular weight excluding hydrogens is 220 g/mol. The Hall–Kier alpha value is -0.730. The van der Waals surface area contributed by atoms with Crippen molar-refractivity contribution in [2.75, 3.05) is 12.8 Å². The van der Waals surface area contributed by atoms with Gasteiger partial charge in [-0.05, 0) is 37.6 Å². The summed E-state index contributed by atoms with van der Waals surface area (Å²) in [5.41, 5.74) is 7.88. The van der Waals surface area contributed by atoms with Crippen molar-refractivity contribution in [1.29, 1.82) is 0 Å². The third-order valence-electron chi connectivity index (χ3n) is 3.04. The van der Waals surface area contributed by atoms with Crippen LogP contribution in [0.15, 0.2) is 24.3 Å². The molecule has 0 spiro atoms. The predicted molar refractivity (Wildman–Crippen MR) is 73.9 cm³/mol. The largest absolute Gasteiger partial charge is 0.399 e. The summed E-state index contributed by atoms with van der Waals surface area (Å²) in [6.45, 7) is 7.72. The lowest BCUT2D eigenvalue weighted by atomic mass is 10.0. The Balaban J connectivity index is 0.00000225. The number of rotatable bonds is 4. The van der Waals surface area contributed by atoms with Crippen LogP contribution >= 0.6 is 12.4 Å². The Kier molecular flexibility index (Phi) is 6.46. The summed E-state index contributed by atoms with van der Waals surface area (Å²) in [6.07, 6.45) is 0. The fourth-order valence-corrected chi connectivity index (χ4v) is 1.63. The van der Waals surface area contributed by atoms with Crippen molar-refractivity contribution in [2.24, 2.45) is 5.92 Å². The summed E-state index contributed by atoms with van der Waals surface area (Å²) in [4.78, 5) is 2.36. The number of hydrogen-bond acceptors (Lipinski definition) is 2. The molecule has 0 bridgehead atoms. The van der Waals surface area contributed by atoms with Crippen molar-refractivity contribution >= 4 is 18.1 Å². The highest BCUT2D eigenvalue weighted by Crippen LogP contribution is 2.13. The molecule has 1 atom stereocenters. The van der Waals surface area contributed by atoms with Crippen LogP contribution in [-0.2, 0) is 6.54 Å². The van der Waals surface area contributed by atoms with Gasteiger partial charge in [-0.15, -0.1) is 12.4 Å². The van der Waals surface area contributed by atoms with E-state index in [0.29, 0.717) is 12.0 Å². The lowest BCUT2D eigenvalue weighted by molar-refractivity contribution is 0.200. The van der Waals surface area contributed by atoms with Crippen LogP contribution in [0.3, 0.4) is 0 Å². The molecule has 0 amide bonds. The molecule has 0 fully saturated rings. The Labute approximate surface area is 105 Å². The first kappa shape index (κ1) is 15.3. The summed E-state index contributed by atoms with van der Waals surface area (Å²) in [6, 6.07) is 8.70. The van der Waals surface area contributed by atoms with E-state index < -0.39 is 0 Å². The van der Waals surface area contributed by atoms with Crippen LogP contribution in [0.1, 0.15) is 26.3 Å². The normalized spacial score (nSPS) is 12.6. The SMILES string of the molecule is CC(C)C(C)N(C)Cc1cccc(N)c1.Cl. The number of benzene rings is 1. The molecule has 1 aromatic carbocycles. The first-order valence-corrected chi connectivity index (χ1v) is 5.55. The fourth-order valence-electron chi connectivity index (χ4n) is 1.63. The zero-order valence-corrected chi connectivity index (χ0v) is 11.4. The second kappa shape index (κ2) is 6.77. The Morgan fingerprint density at radius 3 is 2.38 bits per heavy atom. The molecule has 92 valence electrons.